The molecular weight excluding hydrogens is 366 g/mol. The lowest BCUT2D eigenvalue weighted by molar-refractivity contribution is 0.101. The molecule has 0 saturated heterocycles. The van der Waals surface area contributed by atoms with Crippen molar-refractivity contribution < 1.29 is 4.79 Å². The Labute approximate surface area is 158 Å². The second-order valence-electron chi connectivity index (χ2n) is 5.99. The van der Waals surface area contributed by atoms with Crippen LogP contribution in [0.4, 0.5) is 5.69 Å². The summed E-state index contributed by atoms with van der Waals surface area (Å²) in [6.07, 6.45) is 1.60. The summed E-state index contributed by atoms with van der Waals surface area (Å²) in [6, 6.07) is 14.0. The Bertz CT molecular complexity index is 1210. The Morgan fingerprint density at radius 3 is 2.74 bits per heavy atom. The van der Waals surface area contributed by atoms with Crippen LogP contribution in [0.5, 0.6) is 0 Å². The van der Waals surface area contributed by atoms with E-state index in [1.165, 1.54) is 6.07 Å². The number of amides is 1. The molecule has 4 aromatic rings. The number of para-hydroxylation sites is 1. The molecule has 0 spiro atoms. The highest BCUT2D eigenvalue weighted by Crippen LogP contribution is 2.26. The van der Waals surface area contributed by atoms with Gasteiger partial charge in [-0.25, -0.2) is 4.68 Å². The van der Waals surface area contributed by atoms with E-state index < -0.39 is 11.3 Å². The molecule has 0 unspecified atom stereocenters. The number of aromatic nitrogens is 4. The van der Waals surface area contributed by atoms with Gasteiger partial charge < -0.3 is 5.32 Å². The van der Waals surface area contributed by atoms with Crippen LogP contribution in [0.15, 0.2) is 59.5 Å². The summed E-state index contributed by atoms with van der Waals surface area (Å²) in [5, 5.41) is 14.8. The standard InChI is InChI=1S/C19H14ClN5O2/c1-11-7-17(26)18(24-25(11)13-5-3-2-4-6-13)19(27)22-12-8-15(20)14-10-21-23-16(14)9-12/h2-10H,1H3,(H,21,23)(H,22,27). The molecule has 0 radical (unpaired) electrons. The number of aryl methyl sites for hydroxylation is 1. The molecule has 0 fully saturated rings. The predicted octanol–water partition coefficient (Wildman–Crippen LogP) is 3.32. The molecule has 0 saturated carbocycles. The van der Waals surface area contributed by atoms with E-state index in [-0.39, 0.29) is 5.69 Å². The highest BCUT2D eigenvalue weighted by molar-refractivity contribution is 6.35. The number of halogens is 1. The summed E-state index contributed by atoms with van der Waals surface area (Å²) in [5.41, 5.74) is 1.85. The molecule has 2 heterocycles. The second-order valence-corrected chi connectivity index (χ2v) is 6.40. The van der Waals surface area contributed by atoms with E-state index in [0.29, 0.717) is 21.9 Å². The smallest absolute Gasteiger partial charge is 0.280 e. The van der Waals surface area contributed by atoms with Crippen molar-refractivity contribution in [3.8, 4) is 5.69 Å². The van der Waals surface area contributed by atoms with Gasteiger partial charge in [0, 0.05) is 22.8 Å². The lowest BCUT2D eigenvalue weighted by Crippen LogP contribution is -2.26. The lowest BCUT2D eigenvalue weighted by Gasteiger charge is -2.11. The molecule has 0 aliphatic carbocycles. The van der Waals surface area contributed by atoms with Crippen molar-refractivity contribution in [2.45, 2.75) is 6.92 Å². The number of fused-ring (bicyclic) bond motifs is 1. The van der Waals surface area contributed by atoms with Gasteiger partial charge in [0.2, 0.25) is 5.43 Å². The minimum absolute atomic E-state index is 0.203. The molecule has 134 valence electrons. The first-order valence-corrected chi connectivity index (χ1v) is 8.51. The minimum Gasteiger partial charge on any atom is -0.320 e. The number of carbonyl (C=O) groups excluding carboxylic acids is 1. The fourth-order valence-electron chi connectivity index (χ4n) is 2.81. The SMILES string of the molecule is Cc1cc(=O)c(C(=O)Nc2cc(Cl)c3cn[nH]c3c2)nn1-c1ccccc1. The van der Waals surface area contributed by atoms with Crippen LogP contribution in [0.3, 0.4) is 0 Å². The van der Waals surface area contributed by atoms with Gasteiger partial charge >= 0.3 is 0 Å². The number of carbonyl (C=O) groups is 1. The Morgan fingerprint density at radius 1 is 1.19 bits per heavy atom. The van der Waals surface area contributed by atoms with Crippen molar-refractivity contribution in [2.24, 2.45) is 0 Å². The number of hydrogen-bond acceptors (Lipinski definition) is 4. The Balaban J connectivity index is 1.71. The molecule has 8 heteroatoms. The molecule has 4 rings (SSSR count). The maximum absolute atomic E-state index is 12.7. The number of nitrogens with one attached hydrogen (secondary N) is 2. The summed E-state index contributed by atoms with van der Waals surface area (Å²) < 4.78 is 1.56. The first-order valence-electron chi connectivity index (χ1n) is 8.13. The van der Waals surface area contributed by atoms with Crippen LogP contribution in [-0.2, 0) is 0 Å². The summed E-state index contributed by atoms with van der Waals surface area (Å²) in [7, 11) is 0. The van der Waals surface area contributed by atoms with Gasteiger partial charge in [-0.1, -0.05) is 29.8 Å². The van der Waals surface area contributed by atoms with Crippen LogP contribution < -0.4 is 10.7 Å². The Morgan fingerprint density at radius 2 is 1.96 bits per heavy atom. The molecule has 7 nitrogen and oxygen atoms in total. The van der Waals surface area contributed by atoms with Crippen molar-refractivity contribution in [3.05, 3.63) is 81.4 Å². The van der Waals surface area contributed by atoms with Gasteiger partial charge in [-0.3, -0.25) is 14.7 Å². The molecule has 27 heavy (non-hydrogen) atoms. The third kappa shape index (κ3) is 3.20. The van der Waals surface area contributed by atoms with Crippen LogP contribution in [0.1, 0.15) is 16.2 Å². The van der Waals surface area contributed by atoms with Gasteiger partial charge in [0.25, 0.3) is 5.91 Å². The van der Waals surface area contributed by atoms with Gasteiger partial charge in [-0.2, -0.15) is 10.2 Å². The zero-order chi connectivity index (χ0) is 19.0. The van der Waals surface area contributed by atoms with Crippen molar-refractivity contribution in [3.63, 3.8) is 0 Å². The zero-order valence-electron chi connectivity index (χ0n) is 14.2. The van der Waals surface area contributed by atoms with Crippen molar-refractivity contribution >= 4 is 34.1 Å². The molecule has 0 atom stereocenters. The first kappa shape index (κ1) is 17.0. The highest BCUT2D eigenvalue weighted by Gasteiger charge is 2.16. The van der Waals surface area contributed by atoms with E-state index in [1.807, 2.05) is 30.3 Å². The maximum Gasteiger partial charge on any atom is 0.280 e. The molecule has 2 N–H and O–H groups in total. The normalized spacial score (nSPS) is 10.9. The van der Waals surface area contributed by atoms with E-state index in [0.717, 1.165) is 11.1 Å². The van der Waals surface area contributed by atoms with E-state index in [9.17, 15) is 9.59 Å². The Kier molecular flexibility index (Phi) is 4.21. The number of rotatable bonds is 3. The van der Waals surface area contributed by atoms with E-state index in [2.05, 4.69) is 20.6 Å². The predicted molar refractivity (Wildman–Crippen MR) is 104 cm³/mol. The van der Waals surface area contributed by atoms with Crippen LogP contribution in [0.25, 0.3) is 16.6 Å². The molecular formula is C19H14ClN5O2. The molecule has 0 aliphatic heterocycles. The van der Waals surface area contributed by atoms with E-state index in [1.54, 1.807) is 29.9 Å². The molecule has 2 aromatic carbocycles. The van der Waals surface area contributed by atoms with E-state index in [4.69, 9.17) is 11.6 Å². The summed E-state index contributed by atoms with van der Waals surface area (Å²) in [5.74, 6) is -0.611. The van der Waals surface area contributed by atoms with Crippen molar-refractivity contribution in [1.82, 2.24) is 20.0 Å². The van der Waals surface area contributed by atoms with Gasteiger partial charge in [-0.05, 0) is 31.2 Å². The molecule has 2 aromatic heterocycles. The fraction of sp³-hybridized carbons (Fsp3) is 0.0526. The average molecular weight is 380 g/mol. The highest BCUT2D eigenvalue weighted by atomic mass is 35.5. The number of H-pyrrole nitrogens is 1. The summed E-state index contributed by atoms with van der Waals surface area (Å²) in [6.45, 7) is 1.76. The van der Waals surface area contributed by atoms with Gasteiger partial charge in [0.05, 0.1) is 22.4 Å². The fourth-order valence-corrected chi connectivity index (χ4v) is 3.07. The minimum atomic E-state index is -0.611. The second kappa shape index (κ2) is 6.69. The largest absolute Gasteiger partial charge is 0.320 e. The number of anilines is 1. The van der Waals surface area contributed by atoms with E-state index >= 15 is 0 Å². The van der Waals surface area contributed by atoms with Crippen LogP contribution in [0.2, 0.25) is 5.02 Å². The lowest BCUT2D eigenvalue weighted by atomic mass is 10.2. The van der Waals surface area contributed by atoms with Gasteiger partial charge in [0.1, 0.15) is 0 Å². The van der Waals surface area contributed by atoms with Crippen molar-refractivity contribution in [1.29, 1.82) is 0 Å². The third-order valence-electron chi connectivity index (χ3n) is 4.09. The molecule has 0 aliphatic rings. The number of aromatic amines is 1. The van der Waals surface area contributed by atoms with Crippen LogP contribution >= 0.6 is 11.6 Å². The summed E-state index contributed by atoms with van der Waals surface area (Å²) in [4.78, 5) is 25.0. The topological polar surface area (TPSA) is 92.7 Å². The van der Waals surface area contributed by atoms with Gasteiger partial charge in [-0.15, -0.1) is 0 Å². The number of benzene rings is 2. The number of nitrogens with zero attached hydrogens (tertiary/aromatic N) is 3. The first-order chi connectivity index (χ1) is 13.0. The van der Waals surface area contributed by atoms with Crippen molar-refractivity contribution in [2.75, 3.05) is 5.32 Å². The van der Waals surface area contributed by atoms with Gasteiger partial charge in [0.15, 0.2) is 5.69 Å². The molecule has 1 amide bonds. The average Bonchev–Trinajstić information content (AvgIpc) is 3.11. The quantitative estimate of drug-likeness (QED) is 0.571. The van der Waals surface area contributed by atoms with Crippen LogP contribution in [0, 0.1) is 6.92 Å². The van der Waals surface area contributed by atoms with Crippen LogP contribution in [-0.4, -0.2) is 25.9 Å². The monoisotopic (exact) mass is 379 g/mol. The summed E-state index contributed by atoms with van der Waals surface area (Å²) >= 11 is 6.20. The Hall–Kier alpha value is -3.45. The third-order valence-corrected chi connectivity index (χ3v) is 4.40. The zero-order valence-corrected chi connectivity index (χ0v) is 15.0. The number of hydrogen-bond donors (Lipinski definition) is 2. The molecule has 0 bridgehead atoms. The maximum atomic E-state index is 12.7.